The van der Waals surface area contributed by atoms with Crippen molar-refractivity contribution in [2.24, 2.45) is 0 Å². The number of nitrogens with one attached hydrogen (secondary N) is 3. The van der Waals surface area contributed by atoms with Crippen molar-refractivity contribution in [3.05, 3.63) is 122 Å². The number of rotatable bonds is 8. The van der Waals surface area contributed by atoms with Crippen molar-refractivity contribution in [3.63, 3.8) is 0 Å². The molecule has 0 spiro atoms. The first-order valence-electron chi connectivity index (χ1n) is 12.4. The van der Waals surface area contributed by atoms with Crippen LogP contribution >= 0.6 is 27.5 Å². The van der Waals surface area contributed by atoms with Gasteiger partial charge < -0.3 is 20.7 Å². The van der Waals surface area contributed by atoms with Crippen molar-refractivity contribution in [1.82, 2.24) is 5.32 Å². The van der Waals surface area contributed by atoms with Crippen molar-refractivity contribution < 1.29 is 36.7 Å². The van der Waals surface area contributed by atoms with Crippen LogP contribution in [0.4, 0.5) is 28.9 Å². The maximum atomic E-state index is 14.2. The predicted molar refractivity (Wildman–Crippen MR) is 157 cm³/mol. The van der Waals surface area contributed by atoms with Crippen molar-refractivity contribution in [2.45, 2.75) is 12.7 Å². The molecule has 0 aliphatic rings. The minimum Gasteiger partial charge on any atom is -0.496 e. The molecule has 4 aromatic carbocycles. The minimum absolute atomic E-state index is 0.0213. The highest BCUT2D eigenvalue weighted by atomic mass is 79.9. The number of hydrogen-bond donors (Lipinski definition) is 3. The van der Waals surface area contributed by atoms with Gasteiger partial charge in [-0.1, -0.05) is 39.7 Å². The molecule has 0 atom stereocenters. The molecule has 4 aromatic rings. The third kappa shape index (κ3) is 7.70. The number of halogens is 6. The van der Waals surface area contributed by atoms with Gasteiger partial charge in [-0.25, -0.2) is 4.39 Å². The topological polar surface area (TPSA) is 96.5 Å². The summed E-state index contributed by atoms with van der Waals surface area (Å²) < 4.78 is 60.2. The molecule has 0 aromatic heterocycles. The number of benzene rings is 4. The first-order valence-corrected chi connectivity index (χ1v) is 13.5. The fourth-order valence-electron chi connectivity index (χ4n) is 4.01. The Labute approximate surface area is 256 Å². The Morgan fingerprint density at radius 2 is 1.49 bits per heavy atom. The van der Waals surface area contributed by atoms with Crippen LogP contribution in [-0.4, -0.2) is 24.8 Å². The maximum Gasteiger partial charge on any atom is 0.417 e. The number of carbonyl (C=O) groups is 3. The van der Waals surface area contributed by atoms with Crippen molar-refractivity contribution in [2.75, 3.05) is 17.7 Å². The number of alkyl halides is 3. The second-order valence-electron chi connectivity index (χ2n) is 8.99. The van der Waals surface area contributed by atoms with Crippen LogP contribution in [0.3, 0.4) is 0 Å². The molecule has 3 amide bonds. The SMILES string of the molecule is COc1ccc(NC(=O)c2cc(CNC(=O)c3c(F)cccc3C(F)(F)F)ccc2Cl)cc1C(=O)Nc1ccc(Br)cc1. The van der Waals surface area contributed by atoms with Crippen molar-refractivity contribution in [1.29, 1.82) is 0 Å². The van der Waals surface area contributed by atoms with E-state index in [0.717, 1.165) is 16.6 Å². The third-order valence-corrected chi connectivity index (χ3v) is 6.94. The lowest BCUT2D eigenvalue weighted by molar-refractivity contribution is -0.138. The van der Waals surface area contributed by atoms with Gasteiger partial charge in [0.1, 0.15) is 11.6 Å². The van der Waals surface area contributed by atoms with E-state index in [4.69, 9.17) is 16.3 Å². The van der Waals surface area contributed by atoms with Gasteiger partial charge in [-0.3, -0.25) is 14.4 Å². The van der Waals surface area contributed by atoms with Gasteiger partial charge in [-0.05, 0) is 72.3 Å². The Bertz CT molecular complexity index is 1700. The summed E-state index contributed by atoms with van der Waals surface area (Å²) >= 11 is 9.55. The molecular weight excluding hydrogens is 658 g/mol. The van der Waals surface area contributed by atoms with Crippen LogP contribution in [0, 0.1) is 5.82 Å². The van der Waals surface area contributed by atoms with Gasteiger partial charge in [0.15, 0.2) is 0 Å². The van der Waals surface area contributed by atoms with Gasteiger partial charge in [0.05, 0.1) is 34.4 Å². The van der Waals surface area contributed by atoms with E-state index < -0.39 is 40.8 Å². The summed E-state index contributed by atoms with van der Waals surface area (Å²) in [6, 6.07) is 17.7. The largest absolute Gasteiger partial charge is 0.496 e. The molecule has 0 radical (unpaired) electrons. The lowest BCUT2D eigenvalue weighted by Gasteiger charge is -2.14. The first-order chi connectivity index (χ1) is 20.4. The average Bonchev–Trinajstić information content (AvgIpc) is 2.97. The van der Waals surface area contributed by atoms with E-state index in [2.05, 4.69) is 31.9 Å². The zero-order valence-corrected chi connectivity index (χ0v) is 24.5. The molecule has 0 fully saturated rings. The van der Waals surface area contributed by atoms with Gasteiger partial charge >= 0.3 is 6.18 Å². The second kappa shape index (κ2) is 13.3. The minimum atomic E-state index is -4.94. The summed E-state index contributed by atoms with van der Waals surface area (Å²) in [6.07, 6.45) is -4.94. The number of carbonyl (C=O) groups excluding carboxylic acids is 3. The van der Waals surface area contributed by atoms with Gasteiger partial charge in [0, 0.05) is 22.4 Å². The van der Waals surface area contributed by atoms with Crippen molar-refractivity contribution >= 4 is 56.6 Å². The summed E-state index contributed by atoms with van der Waals surface area (Å²) in [5.41, 5.74) is -1.36. The molecule has 13 heteroatoms. The molecule has 43 heavy (non-hydrogen) atoms. The van der Waals surface area contributed by atoms with Crippen LogP contribution < -0.4 is 20.7 Å². The van der Waals surface area contributed by atoms with E-state index >= 15 is 0 Å². The van der Waals surface area contributed by atoms with Crippen LogP contribution in [0.15, 0.2) is 83.3 Å². The monoisotopic (exact) mass is 677 g/mol. The number of methoxy groups -OCH3 is 1. The quantitative estimate of drug-likeness (QED) is 0.167. The third-order valence-electron chi connectivity index (χ3n) is 6.08. The summed E-state index contributed by atoms with van der Waals surface area (Å²) in [7, 11) is 1.39. The predicted octanol–water partition coefficient (Wildman–Crippen LogP) is 7.70. The molecule has 0 heterocycles. The highest BCUT2D eigenvalue weighted by molar-refractivity contribution is 9.10. The molecule has 0 saturated carbocycles. The van der Waals surface area contributed by atoms with Crippen LogP contribution in [0.2, 0.25) is 5.02 Å². The normalized spacial score (nSPS) is 11.0. The molecular formula is C30H21BrClF4N3O4. The highest BCUT2D eigenvalue weighted by Gasteiger charge is 2.36. The van der Waals surface area contributed by atoms with Gasteiger partial charge in [0.2, 0.25) is 0 Å². The first kappa shape index (κ1) is 31.5. The van der Waals surface area contributed by atoms with Crippen LogP contribution in [-0.2, 0) is 12.7 Å². The van der Waals surface area contributed by atoms with E-state index in [1.165, 1.54) is 43.5 Å². The molecule has 0 saturated heterocycles. The smallest absolute Gasteiger partial charge is 0.417 e. The van der Waals surface area contributed by atoms with Crippen LogP contribution in [0.5, 0.6) is 5.75 Å². The lowest BCUT2D eigenvalue weighted by Crippen LogP contribution is -2.27. The maximum absolute atomic E-state index is 14.2. The zero-order chi connectivity index (χ0) is 31.3. The van der Waals surface area contributed by atoms with E-state index in [-0.39, 0.29) is 34.1 Å². The van der Waals surface area contributed by atoms with Crippen LogP contribution in [0.1, 0.15) is 42.2 Å². The summed E-state index contributed by atoms with van der Waals surface area (Å²) in [6.45, 7) is -0.329. The molecule has 0 bridgehead atoms. The Kier molecular flexibility index (Phi) is 9.72. The van der Waals surface area contributed by atoms with Crippen LogP contribution in [0.25, 0.3) is 0 Å². The summed E-state index contributed by atoms with van der Waals surface area (Å²) in [4.78, 5) is 38.6. The second-order valence-corrected chi connectivity index (χ2v) is 10.3. The Hall–Kier alpha value is -4.42. The van der Waals surface area contributed by atoms with Crippen molar-refractivity contribution in [3.8, 4) is 5.75 Å². The molecule has 0 aliphatic carbocycles. The Morgan fingerprint density at radius 3 is 2.16 bits per heavy atom. The molecule has 4 rings (SSSR count). The number of ether oxygens (including phenoxy) is 1. The van der Waals surface area contributed by atoms with E-state index in [0.29, 0.717) is 17.3 Å². The zero-order valence-electron chi connectivity index (χ0n) is 22.1. The highest BCUT2D eigenvalue weighted by Crippen LogP contribution is 2.33. The fraction of sp³-hybridized carbons (Fsp3) is 0.100. The van der Waals surface area contributed by atoms with Gasteiger partial charge in [-0.15, -0.1) is 0 Å². The molecule has 3 N–H and O–H groups in total. The van der Waals surface area contributed by atoms with E-state index in [1.54, 1.807) is 24.3 Å². The van der Waals surface area contributed by atoms with Gasteiger partial charge in [-0.2, -0.15) is 13.2 Å². The summed E-state index contributed by atoms with van der Waals surface area (Å²) in [5.74, 6) is -3.51. The van der Waals surface area contributed by atoms with E-state index in [1.807, 2.05) is 0 Å². The Balaban J connectivity index is 1.50. The number of anilines is 2. The average molecular weight is 679 g/mol. The number of hydrogen-bond acceptors (Lipinski definition) is 4. The lowest BCUT2D eigenvalue weighted by atomic mass is 10.1. The molecule has 222 valence electrons. The Morgan fingerprint density at radius 1 is 0.837 bits per heavy atom. The summed E-state index contributed by atoms with van der Waals surface area (Å²) in [5, 5.41) is 7.67. The molecule has 7 nitrogen and oxygen atoms in total. The standard InChI is InChI=1S/C30H21BrClF4N3O4/c1-43-25-12-10-19(14-21(25)28(41)38-18-8-6-17(31)7-9-18)39-27(40)20-13-16(5-11-23(20)32)15-37-29(42)26-22(30(34,35)36)3-2-4-24(26)33/h2-14H,15H2,1H3,(H,37,42)(H,38,41)(H,39,40). The molecule has 0 unspecified atom stereocenters. The van der Waals surface area contributed by atoms with Gasteiger partial charge in [0.25, 0.3) is 17.7 Å². The number of amides is 3. The molecule has 0 aliphatic heterocycles. The fourth-order valence-corrected chi connectivity index (χ4v) is 4.48. The van der Waals surface area contributed by atoms with E-state index in [9.17, 15) is 31.9 Å².